The number of nitrogens with zero attached hydrogens (tertiary/aromatic N) is 22. The lowest BCUT2D eigenvalue weighted by Gasteiger charge is -2.56. The molecule has 0 saturated carbocycles. The maximum atomic E-state index is 13.2. The molecule has 18 rings (SSSR count). The minimum Gasteiger partial charge on any atom is -0.444 e. The van der Waals surface area contributed by atoms with Gasteiger partial charge >= 0.3 is 24.4 Å². The van der Waals surface area contributed by atoms with Gasteiger partial charge in [0.05, 0.1) is 68.8 Å². The summed E-state index contributed by atoms with van der Waals surface area (Å²) in [5, 5.41) is 89.6. The van der Waals surface area contributed by atoms with Crippen LogP contribution < -0.4 is 10.6 Å². The van der Waals surface area contributed by atoms with Gasteiger partial charge in [-0.25, -0.2) is 49.1 Å². The van der Waals surface area contributed by atoms with Crippen molar-refractivity contribution in [3.8, 4) is 0 Å². The predicted octanol–water partition coefficient (Wildman–Crippen LogP) is 6.10. The summed E-state index contributed by atoms with van der Waals surface area (Å²) in [6, 6.07) is 1.55. The summed E-state index contributed by atoms with van der Waals surface area (Å²) >= 11 is 0. The van der Waals surface area contributed by atoms with Crippen molar-refractivity contribution in [3.05, 3.63) is 110 Å². The highest BCUT2D eigenvalue weighted by molar-refractivity contribution is 6.00. The third-order valence-electron chi connectivity index (χ3n) is 28.2. The van der Waals surface area contributed by atoms with Crippen molar-refractivity contribution >= 4 is 59.8 Å². The fourth-order valence-electron chi connectivity index (χ4n) is 21.8. The van der Waals surface area contributed by atoms with Crippen LogP contribution in [0, 0.1) is 0 Å². The highest BCUT2D eigenvalue weighted by atomic mass is 16.6. The van der Waals surface area contributed by atoms with Gasteiger partial charge in [0.1, 0.15) is 91.9 Å². The number of likely N-dealkylation sites (tertiary alicyclic amines) is 10. The van der Waals surface area contributed by atoms with Crippen LogP contribution in [0.5, 0.6) is 0 Å². The number of aromatic nitrogens is 12. The minimum absolute atomic E-state index is 0.0177. The van der Waals surface area contributed by atoms with Gasteiger partial charge in [0.2, 0.25) is 48.7 Å². The molecular formula is C96H142N24O23. The lowest BCUT2D eigenvalue weighted by atomic mass is 9.76. The number of carbonyl (C=O) groups excluding carboxylic acids is 10. The number of nitrogens with one attached hydrogen (secondary N) is 2. The molecule has 47 heteroatoms. The monoisotopic (exact) mass is 2000 g/mol. The molecule has 22 atom stereocenters. The zero-order valence-corrected chi connectivity index (χ0v) is 85.8. The van der Waals surface area contributed by atoms with Crippen LogP contribution in [0.1, 0.15) is 301 Å². The Morgan fingerprint density at radius 3 is 0.972 bits per heavy atom. The van der Waals surface area contributed by atoms with E-state index in [1.54, 1.807) is 194 Å². The number of β-lactam (4-membered cyclic amide) rings is 6. The van der Waals surface area contributed by atoms with Crippen molar-refractivity contribution in [2.75, 3.05) is 52.4 Å². The first-order valence-corrected chi connectivity index (χ1v) is 49.2. The molecule has 784 valence electrons. The summed E-state index contributed by atoms with van der Waals surface area (Å²) in [5.41, 5.74) is -6.97. The number of aliphatic hydroxyl groups excluding tert-OH is 6. The molecule has 0 aliphatic carbocycles. The fourth-order valence-corrected chi connectivity index (χ4v) is 21.8. The molecule has 6 spiro atoms. The van der Waals surface area contributed by atoms with E-state index in [-0.39, 0.29) is 71.2 Å². The molecule has 143 heavy (non-hydrogen) atoms. The van der Waals surface area contributed by atoms with Crippen LogP contribution in [0.3, 0.4) is 0 Å². The van der Waals surface area contributed by atoms with Crippen LogP contribution >= 0.6 is 0 Å². The quantitative estimate of drug-likeness (QED) is 0.0356. The minimum atomic E-state index is -0.922. The number of amides is 10. The van der Waals surface area contributed by atoms with E-state index in [0.29, 0.717) is 95.0 Å². The van der Waals surface area contributed by atoms with Crippen molar-refractivity contribution in [1.29, 1.82) is 0 Å². The molecule has 6 aromatic rings. The van der Waals surface area contributed by atoms with E-state index in [2.05, 4.69) is 78.1 Å². The molecule has 0 aromatic carbocycles. The first kappa shape index (κ1) is 108. The summed E-state index contributed by atoms with van der Waals surface area (Å²) in [4.78, 5) is 169. The summed E-state index contributed by atoms with van der Waals surface area (Å²) in [7, 11) is 0. The zero-order chi connectivity index (χ0) is 105. The van der Waals surface area contributed by atoms with Crippen molar-refractivity contribution < 1.29 is 111 Å². The number of aliphatic hydroxyl groups is 6. The number of hydrogen-bond donors (Lipinski definition) is 8. The van der Waals surface area contributed by atoms with Crippen LogP contribution in [0.4, 0.5) is 19.2 Å². The Kier molecular flexibility index (Phi) is 32.0. The first-order chi connectivity index (χ1) is 67.1. The van der Waals surface area contributed by atoms with E-state index in [9.17, 15) is 78.6 Å². The van der Waals surface area contributed by atoms with Crippen molar-refractivity contribution in [2.24, 2.45) is 0 Å². The molecule has 12 aliphatic heterocycles. The summed E-state index contributed by atoms with van der Waals surface area (Å²) in [6.45, 7) is 43.0. The third-order valence-corrected chi connectivity index (χ3v) is 28.2. The molecule has 47 nitrogen and oxygen atoms in total. The Morgan fingerprint density at radius 2 is 0.699 bits per heavy atom. The average Bonchev–Trinajstić information content (AvgIpc) is 1.68. The second-order valence-electron chi connectivity index (χ2n) is 43.6. The van der Waals surface area contributed by atoms with Gasteiger partial charge in [-0.1, -0.05) is 0 Å². The van der Waals surface area contributed by atoms with Gasteiger partial charge in [0.15, 0.2) is 17.5 Å². The van der Waals surface area contributed by atoms with Gasteiger partial charge in [-0.2, -0.15) is 0 Å². The standard InChI is InChI=1S/C19H28N4O4.C18H26N4O4.C17H26N4O5.C16H24N4O5.C15H22N4O2.C11H16N4O3/c1-12-7-8-19(23(12)17(26)27-18(3,4)5)11-22(16(19)25)14(13(2)24)15-20-9-6-10-21-15;1-12(23)13(14-19-8-6-9-20-14)21-11-18(15(21)24)7-5-10-22(18)16(25)26-17(2,3)4;1-10-6-7-17(21(10)15(24)26-16(3,4)5)8-20(14(17)23)12(11(2)22)13-19-18-9-25-13;1-10(21)11(12-18-17-9-24-12)19-8-16(13(19)22)6-5-7-20(16)14(23)25-15(2,3)4;1-9-5-6-15(18-9)11(3)19(14(15)21)12(10(2)20)13-16-7-4-8-17-13;1-7(16)8(9-14-13-6-18-9)15-5-11(10(15)17)3-2-4-12-11/h6,9-10,12-14,24H,7-8,11H2,1-5H3;6,8-9,12-13,23H,5,7,10-11H2,1-4H3;9-12,22H,6-8H2,1-5H3;9-11,21H,5-8H2,1-4H3;4,7-12,18,20H,5-6H2,1-3H3;6-8,12,16H,2-5H2,1H3/t12?,13-,14?,19?;12-,13?,18?;10?,11-,12?,17?;10-,11?,16?;9?,10-,11?,12?,15?;7-,8?,11?/m111111/s1. The van der Waals surface area contributed by atoms with Crippen molar-refractivity contribution in [3.63, 3.8) is 0 Å². The maximum Gasteiger partial charge on any atom is 0.411 e. The summed E-state index contributed by atoms with van der Waals surface area (Å²) in [6.07, 6.45) is 15.4. The van der Waals surface area contributed by atoms with Gasteiger partial charge in [0.25, 0.3) is 23.6 Å². The van der Waals surface area contributed by atoms with Crippen LogP contribution in [0.25, 0.3) is 0 Å². The van der Waals surface area contributed by atoms with Gasteiger partial charge in [0, 0.05) is 74.9 Å². The van der Waals surface area contributed by atoms with Gasteiger partial charge in [-0.15, -0.1) is 30.6 Å². The van der Waals surface area contributed by atoms with Crippen LogP contribution in [-0.2, 0) is 47.7 Å². The molecule has 0 bridgehead atoms. The second-order valence-corrected chi connectivity index (χ2v) is 43.6. The molecule has 10 amide bonds. The maximum absolute atomic E-state index is 13.2. The summed E-state index contributed by atoms with van der Waals surface area (Å²) < 4.78 is 37.5. The molecule has 18 heterocycles. The molecule has 0 radical (unpaired) electrons. The lowest BCUT2D eigenvalue weighted by molar-refractivity contribution is -0.171. The highest BCUT2D eigenvalue weighted by Crippen LogP contribution is 2.52. The van der Waals surface area contributed by atoms with Gasteiger partial charge in [-0.05, 0) is 254 Å². The molecule has 12 fully saturated rings. The molecule has 6 aromatic heterocycles. The number of carbonyl (C=O) groups is 10. The number of hydrogen-bond acceptors (Lipinski definition) is 37. The van der Waals surface area contributed by atoms with Crippen molar-refractivity contribution in [2.45, 2.75) is 382 Å². The van der Waals surface area contributed by atoms with E-state index in [0.717, 1.165) is 70.7 Å². The molecular weight excluding hydrogens is 1860 g/mol. The smallest absolute Gasteiger partial charge is 0.411 e. The molecule has 16 unspecified atom stereocenters. The Balaban J connectivity index is 0.000000145. The topological polar surface area (TPSA) is 580 Å². The van der Waals surface area contributed by atoms with E-state index in [4.69, 9.17) is 32.2 Å². The third kappa shape index (κ3) is 21.7. The van der Waals surface area contributed by atoms with E-state index < -0.39 is 153 Å². The lowest BCUT2D eigenvalue weighted by Crippen LogP contribution is -2.78. The van der Waals surface area contributed by atoms with Crippen LogP contribution in [0.15, 0.2) is 87.8 Å². The average molecular weight is 2000 g/mol. The number of rotatable bonds is 18. The number of ether oxygens (including phenoxy) is 4. The summed E-state index contributed by atoms with van der Waals surface area (Å²) in [5.74, 6) is 1.18. The largest absolute Gasteiger partial charge is 0.444 e. The molecule has 8 N–H and O–H groups in total. The second kappa shape index (κ2) is 42.1. The van der Waals surface area contributed by atoms with E-state index in [1.807, 2.05) is 41.5 Å². The fraction of sp³-hybridized carbons (Fsp3) is 0.708. The normalized spacial score (nSPS) is 28.4. The highest BCUT2D eigenvalue weighted by Gasteiger charge is 2.70. The van der Waals surface area contributed by atoms with Gasteiger partial charge < -0.3 is 97.6 Å². The van der Waals surface area contributed by atoms with E-state index in [1.165, 1.54) is 21.1 Å². The molecule has 12 saturated heterocycles. The predicted molar refractivity (Wildman–Crippen MR) is 504 cm³/mol. The Morgan fingerprint density at radius 1 is 0.385 bits per heavy atom. The Bertz CT molecular complexity index is 5410. The van der Waals surface area contributed by atoms with Gasteiger partial charge in [-0.3, -0.25) is 53.7 Å². The van der Waals surface area contributed by atoms with Crippen molar-refractivity contribution in [1.82, 2.24) is 120 Å². The first-order valence-electron chi connectivity index (χ1n) is 49.2. The molecule has 12 aliphatic rings. The van der Waals surface area contributed by atoms with Crippen LogP contribution in [0.2, 0.25) is 0 Å². The van der Waals surface area contributed by atoms with Crippen LogP contribution in [-0.4, -0.2) is 369 Å². The Labute approximate surface area is 831 Å². The SMILES string of the molecule is CC1CCC2(CN(C(c3ncccn3)[C@@H](C)O)C2=O)N1C(=O)OC(C)(C)C.CC1CCC2(CN(C(c3nnco3)[C@@H](C)O)C2=O)N1C(=O)OC(C)(C)C.CC1CCC2(N1)C(=O)N(C(c1ncccn1)[C@@H](C)O)C2C.C[C@@H](O)C(c1ncccn1)N1CC2(CCCN2C(=O)OC(C)(C)C)C1=O.C[C@@H](O)C(c1nnco1)N1CC2(CCCN2)C1=O.C[C@@H](O)C(c1nnco1)N1CC2(CCCN2C(=O)OC(C)(C)C)C1=O. The zero-order valence-electron chi connectivity index (χ0n) is 85.8. The van der Waals surface area contributed by atoms with E-state index >= 15 is 0 Å². The Hall–Kier alpha value is -11.8.